The number of benzene rings is 1. The molecule has 2 nitrogen and oxygen atoms in total. The summed E-state index contributed by atoms with van der Waals surface area (Å²) in [6.07, 6.45) is 1.35. The van der Waals surface area contributed by atoms with E-state index in [-0.39, 0.29) is 17.5 Å². The number of rotatable bonds is 3. The third kappa shape index (κ3) is 2.63. The molecule has 80 valence electrons. The molecule has 0 spiro atoms. The Morgan fingerprint density at radius 2 is 2.13 bits per heavy atom. The monoisotopic (exact) mass is 207 g/mol. The molecule has 1 aliphatic heterocycles. The number of carbonyl (C=O) groups excluding carboxylic acids is 1. The van der Waals surface area contributed by atoms with E-state index in [0.29, 0.717) is 6.42 Å². The molecule has 0 saturated carbocycles. The molecule has 15 heavy (non-hydrogen) atoms. The zero-order valence-electron chi connectivity index (χ0n) is 8.50. The summed E-state index contributed by atoms with van der Waals surface area (Å²) in [7, 11) is 0. The van der Waals surface area contributed by atoms with Crippen molar-refractivity contribution in [3.63, 3.8) is 0 Å². The van der Waals surface area contributed by atoms with Crippen molar-refractivity contribution in [2.24, 2.45) is 5.92 Å². The molecule has 2 rings (SSSR count). The Balaban J connectivity index is 1.96. The summed E-state index contributed by atoms with van der Waals surface area (Å²) >= 11 is 0. The van der Waals surface area contributed by atoms with Crippen LogP contribution in [0, 0.1) is 11.7 Å². The summed E-state index contributed by atoms with van der Waals surface area (Å²) in [6, 6.07) is 6.15. The first kappa shape index (κ1) is 10.3. The van der Waals surface area contributed by atoms with Crippen LogP contribution in [0.5, 0.6) is 0 Å². The molecule has 1 unspecified atom stereocenters. The highest BCUT2D eigenvalue weighted by Crippen LogP contribution is 2.13. The minimum Gasteiger partial charge on any atom is -0.316 e. The maximum atomic E-state index is 12.6. The summed E-state index contributed by atoms with van der Waals surface area (Å²) in [4.78, 5) is 11.8. The van der Waals surface area contributed by atoms with Gasteiger partial charge in [0.25, 0.3) is 0 Å². The lowest BCUT2D eigenvalue weighted by Crippen LogP contribution is -2.19. The van der Waals surface area contributed by atoms with Crippen LogP contribution < -0.4 is 5.32 Å². The minimum atomic E-state index is -0.256. The molecule has 1 aromatic carbocycles. The van der Waals surface area contributed by atoms with Crippen LogP contribution >= 0.6 is 0 Å². The largest absolute Gasteiger partial charge is 0.316 e. The number of carbonyl (C=O) groups is 1. The molecule has 1 fully saturated rings. The molecule has 1 atom stereocenters. The molecular formula is C12H14FNO. The van der Waals surface area contributed by atoms with E-state index in [4.69, 9.17) is 0 Å². The van der Waals surface area contributed by atoms with Crippen molar-refractivity contribution in [2.45, 2.75) is 12.8 Å². The van der Waals surface area contributed by atoms with Crippen LogP contribution in [-0.4, -0.2) is 18.9 Å². The summed E-state index contributed by atoms with van der Waals surface area (Å²) < 4.78 is 12.6. The second-order valence-corrected chi connectivity index (χ2v) is 3.96. The highest BCUT2D eigenvalue weighted by molar-refractivity contribution is 5.83. The predicted molar refractivity (Wildman–Crippen MR) is 56.1 cm³/mol. The number of hydrogen-bond donors (Lipinski definition) is 1. The molecule has 0 aromatic heterocycles. The Labute approximate surface area is 88.5 Å². The molecule has 1 heterocycles. The Morgan fingerprint density at radius 1 is 1.40 bits per heavy atom. The highest BCUT2D eigenvalue weighted by atomic mass is 19.1. The van der Waals surface area contributed by atoms with Gasteiger partial charge in [0.2, 0.25) is 0 Å². The van der Waals surface area contributed by atoms with E-state index < -0.39 is 0 Å². The fourth-order valence-corrected chi connectivity index (χ4v) is 1.88. The first-order valence-corrected chi connectivity index (χ1v) is 5.23. The average Bonchev–Trinajstić information content (AvgIpc) is 2.74. The second-order valence-electron chi connectivity index (χ2n) is 3.96. The summed E-state index contributed by atoms with van der Waals surface area (Å²) in [5.41, 5.74) is 0.897. The molecule has 3 heteroatoms. The predicted octanol–water partition coefficient (Wildman–Crippen LogP) is 1.55. The van der Waals surface area contributed by atoms with Crippen LogP contribution in [-0.2, 0) is 11.2 Å². The van der Waals surface area contributed by atoms with Gasteiger partial charge in [0.05, 0.1) is 0 Å². The van der Waals surface area contributed by atoms with Gasteiger partial charge in [0.1, 0.15) is 11.6 Å². The zero-order chi connectivity index (χ0) is 10.7. The number of nitrogens with one attached hydrogen (secondary N) is 1. The molecular weight excluding hydrogens is 193 g/mol. The number of Topliss-reactive ketones (excluding diaryl/α,β-unsaturated/α-hetero) is 1. The van der Waals surface area contributed by atoms with E-state index in [0.717, 1.165) is 25.1 Å². The van der Waals surface area contributed by atoms with Crippen molar-refractivity contribution >= 4 is 5.78 Å². The zero-order valence-corrected chi connectivity index (χ0v) is 8.50. The van der Waals surface area contributed by atoms with Gasteiger partial charge in [-0.25, -0.2) is 4.39 Å². The van der Waals surface area contributed by atoms with Crippen molar-refractivity contribution in [1.29, 1.82) is 0 Å². The summed E-state index contributed by atoms with van der Waals surface area (Å²) in [6.45, 7) is 1.72. The van der Waals surface area contributed by atoms with Gasteiger partial charge in [-0.2, -0.15) is 0 Å². The number of halogens is 1. The van der Waals surface area contributed by atoms with E-state index in [9.17, 15) is 9.18 Å². The smallest absolute Gasteiger partial charge is 0.141 e. The molecule has 1 aliphatic rings. The van der Waals surface area contributed by atoms with Gasteiger partial charge in [-0.15, -0.1) is 0 Å². The lowest BCUT2D eigenvalue weighted by atomic mass is 9.97. The average molecular weight is 207 g/mol. The number of ketones is 1. The lowest BCUT2D eigenvalue weighted by molar-refractivity contribution is -0.121. The van der Waals surface area contributed by atoms with Gasteiger partial charge in [-0.1, -0.05) is 12.1 Å². The van der Waals surface area contributed by atoms with Gasteiger partial charge in [0, 0.05) is 18.9 Å². The second kappa shape index (κ2) is 4.53. The van der Waals surface area contributed by atoms with Gasteiger partial charge in [0.15, 0.2) is 0 Å². The Bertz CT molecular complexity index is 341. The lowest BCUT2D eigenvalue weighted by Gasteiger charge is -2.06. The molecule has 0 aliphatic carbocycles. The number of hydrogen-bond acceptors (Lipinski definition) is 2. The molecule has 1 saturated heterocycles. The normalized spacial score (nSPS) is 20.5. The third-order valence-corrected chi connectivity index (χ3v) is 2.81. The Hall–Kier alpha value is -1.22. The molecule has 0 amide bonds. The molecule has 0 radical (unpaired) electrons. The summed E-state index contributed by atoms with van der Waals surface area (Å²) in [5.74, 6) is 0.149. The van der Waals surface area contributed by atoms with Crippen molar-refractivity contribution in [3.05, 3.63) is 35.6 Å². The first-order valence-electron chi connectivity index (χ1n) is 5.23. The standard InChI is InChI=1S/C12H14FNO/c13-11-3-1-9(2-4-11)7-12(15)10-5-6-14-8-10/h1-4,10,14H,5-8H2. The molecule has 0 bridgehead atoms. The fraction of sp³-hybridized carbons (Fsp3) is 0.417. The van der Waals surface area contributed by atoms with Gasteiger partial charge >= 0.3 is 0 Å². The van der Waals surface area contributed by atoms with E-state index in [1.165, 1.54) is 12.1 Å². The Morgan fingerprint density at radius 3 is 2.73 bits per heavy atom. The fourth-order valence-electron chi connectivity index (χ4n) is 1.88. The Kier molecular flexibility index (Phi) is 3.11. The summed E-state index contributed by atoms with van der Waals surface area (Å²) in [5, 5.41) is 3.17. The van der Waals surface area contributed by atoms with E-state index in [1.54, 1.807) is 12.1 Å². The van der Waals surface area contributed by atoms with Crippen molar-refractivity contribution in [3.8, 4) is 0 Å². The minimum absolute atomic E-state index is 0.148. The van der Waals surface area contributed by atoms with Crippen LogP contribution in [0.1, 0.15) is 12.0 Å². The SMILES string of the molecule is O=C(Cc1ccc(F)cc1)C1CCNC1. The quantitative estimate of drug-likeness (QED) is 0.814. The van der Waals surface area contributed by atoms with E-state index in [2.05, 4.69) is 5.32 Å². The maximum absolute atomic E-state index is 12.6. The van der Waals surface area contributed by atoms with Crippen molar-refractivity contribution in [1.82, 2.24) is 5.32 Å². The third-order valence-electron chi connectivity index (χ3n) is 2.81. The van der Waals surface area contributed by atoms with Crippen molar-refractivity contribution < 1.29 is 9.18 Å². The van der Waals surface area contributed by atoms with Gasteiger partial charge < -0.3 is 5.32 Å². The van der Waals surface area contributed by atoms with Gasteiger partial charge in [-0.05, 0) is 30.7 Å². The van der Waals surface area contributed by atoms with Crippen molar-refractivity contribution in [2.75, 3.05) is 13.1 Å². The molecule has 1 aromatic rings. The topological polar surface area (TPSA) is 29.1 Å². The first-order chi connectivity index (χ1) is 7.25. The van der Waals surface area contributed by atoms with Crippen LogP contribution in [0.2, 0.25) is 0 Å². The maximum Gasteiger partial charge on any atom is 0.141 e. The van der Waals surface area contributed by atoms with E-state index in [1.807, 2.05) is 0 Å². The van der Waals surface area contributed by atoms with Crippen LogP contribution in [0.15, 0.2) is 24.3 Å². The van der Waals surface area contributed by atoms with Crippen LogP contribution in [0.4, 0.5) is 4.39 Å². The highest BCUT2D eigenvalue weighted by Gasteiger charge is 2.21. The van der Waals surface area contributed by atoms with Crippen LogP contribution in [0.3, 0.4) is 0 Å². The molecule has 1 N–H and O–H groups in total. The van der Waals surface area contributed by atoms with Gasteiger partial charge in [-0.3, -0.25) is 4.79 Å². The van der Waals surface area contributed by atoms with Crippen LogP contribution in [0.25, 0.3) is 0 Å². The van der Waals surface area contributed by atoms with E-state index >= 15 is 0 Å².